The van der Waals surface area contributed by atoms with Gasteiger partial charge in [0.15, 0.2) is 0 Å². The lowest BCUT2D eigenvalue weighted by molar-refractivity contribution is 0.0691. The third kappa shape index (κ3) is 3.69. The number of aliphatic hydroxyl groups excluding tert-OH is 1. The topological polar surface area (TPSA) is 49.5 Å². The van der Waals surface area contributed by atoms with Gasteiger partial charge in [-0.2, -0.15) is 0 Å². The van der Waals surface area contributed by atoms with Gasteiger partial charge in [0.25, 0.3) is 0 Å². The lowest BCUT2D eigenvalue weighted by Crippen LogP contribution is -2.36. The molecule has 1 aromatic heterocycles. The molecule has 0 radical (unpaired) electrons. The number of aromatic nitrogens is 1. The zero-order chi connectivity index (χ0) is 15.5. The Morgan fingerprint density at radius 2 is 2.18 bits per heavy atom. The first kappa shape index (κ1) is 15.5. The maximum Gasteiger partial charge on any atom is 0.226 e. The minimum Gasteiger partial charge on any atom is -0.444 e. The number of rotatable bonds is 4. The van der Waals surface area contributed by atoms with E-state index in [-0.39, 0.29) is 6.10 Å². The Bertz CT molecular complexity index is 619. The quantitative estimate of drug-likeness (QED) is 0.935. The van der Waals surface area contributed by atoms with Gasteiger partial charge in [-0.05, 0) is 57.0 Å². The van der Waals surface area contributed by atoms with Gasteiger partial charge in [-0.25, -0.2) is 4.98 Å². The highest BCUT2D eigenvalue weighted by atomic mass is 35.5. The predicted octanol–water partition coefficient (Wildman–Crippen LogP) is 3.59. The summed E-state index contributed by atoms with van der Waals surface area (Å²) >= 11 is 6.00. The smallest absolute Gasteiger partial charge is 0.226 e. The van der Waals surface area contributed by atoms with Crippen LogP contribution >= 0.6 is 11.6 Å². The van der Waals surface area contributed by atoms with E-state index in [0.29, 0.717) is 16.8 Å². The van der Waals surface area contributed by atoms with E-state index in [2.05, 4.69) is 9.88 Å². The maximum atomic E-state index is 9.65. The molecule has 1 N–H and O–H groups in total. The van der Waals surface area contributed by atoms with Gasteiger partial charge in [0.1, 0.15) is 6.26 Å². The fourth-order valence-electron chi connectivity index (χ4n) is 2.96. The Kier molecular flexibility index (Phi) is 4.81. The molecular formula is C17H21ClN2O2. The van der Waals surface area contributed by atoms with Gasteiger partial charge in [0.2, 0.25) is 5.89 Å². The summed E-state index contributed by atoms with van der Waals surface area (Å²) in [4.78, 5) is 6.91. The average Bonchev–Trinajstić information content (AvgIpc) is 2.96. The van der Waals surface area contributed by atoms with Crippen molar-refractivity contribution in [3.8, 4) is 11.5 Å². The fourth-order valence-corrected chi connectivity index (χ4v) is 3.15. The third-order valence-corrected chi connectivity index (χ3v) is 4.56. The number of hydrogen-bond donors (Lipinski definition) is 1. The van der Waals surface area contributed by atoms with Gasteiger partial charge in [0.05, 0.1) is 11.8 Å². The number of likely N-dealkylation sites (tertiary alicyclic amines) is 1. The van der Waals surface area contributed by atoms with Crippen LogP contribution in [0.25, 0.3) is 11.5 Å². The molecule has 1 aliphatic heterocycles. The van der Waals surface area contributed by atoms with Crippen LogP contribution in [0, 0.1) is 5.92 Å². The minimum absolute atomic E-state index is 0.205. The van der Waals surface area contributed by atoms with Crippen molar-refractivity contribution in [2.75, 3.05) is 13.1 Å². The molecule has 0 aliphatic carbocycles. The monoisotopic (exact) mass is 320 g/mol. The van der Waals surface area contributed by atoms with Gasteiger partial charge in [-0.1, -0.05) is 17.7 Å². The Labute approximate surface area is 135 Å². The Morgan fingerprint density at radius 3 is 2.86 bits per heavy atom. The highest BCUT2D eigenvalue weighted by Gasteiger charge is 2.23. The van der Waals surface area contributed by atoms with Crippen LogP contribution in [0.3, 0.4) is 0 Å². The second-order valence-electron chi connectivity index (χ2n) is 6.01. The standard InChI is InChI=1S/C17H21ClN2O2/c1-12(21)13-5-7-20(8-6-13)10-16-11-22-17(19-16)14-3-2-4-15(18)9-14/h2-4,9,11-13,21H,5-8,10H2,1H3. The third-order valence-electron chi connectivity index (χ3n) is 4.32. The normalized spacial score (nSPS) is 18.5. The molecule has 0 spiro atoms. The number of hydrogen-bond acceptors (Lipinski definition) is 4. The van der Waals surface area contributed by atoms with Gasteiger partial charge in [-0.3, -0.25) is 4.90 Å². The second kappa shape index (κ2) is 6.82. The van der Waals surface area contributed by atoms with Crippen molar-refractivity contribution in [1.82, 2.24) is 9.88 Å². The van der Waals surface area contributed by atoms with E-state index in [4.69, 9.17) is 16.0 Å². The highest BCUT2D eigenvalue weighted by molar-refractivity contribution is 6.30. The molecule has 1 fully saturated rings. The molecule has 2 heterocycles. The van der Waals surface area contributed by atoms with Crippen LogP contribution in [0.4, 0.5) is 0 Å². The van der Waals surface area contributed by atoms with E-state index in [0.717, 1.165) is 43.7 Å². The van der Waals surface area contributed by atoms with Gasteiger partial charge < -0.3 is 9.52 Å². The highest BCUT2D eigenvalue weighted by Crippen LogP contribution is 2.24. The van der Waals surface area contributed by atoms with Gasteiger partial charge in [0, 0.05) is 17.1 Å². The summed E-state index contributed by atoms with van der Waals surface area (Å²) in [6.45, 7) is 4.66. The predicted molar refractivity (Wildman–Crippen MR) is 86.6 cm³/mol. The van der Waals surface area contributed by atoms with Crippen LogP contribution in [0.15, 0.2) is 34.9 Å². The zero-order valence-corrected chi connectivity index (χ0v) is 13.5. The SMILES string of the molecule is CC(O)C1CCN(Cc2coc(-c3cccc(Cl)c3)n2)CC1. The Morgan fingerprint density at radius 1 is 1.41 bits per heavy atom. The summed E-state index contributed by atoms with van der Waals surface area (Å²) in [7, 11) is 0. The molecule has 0 bridgehead atoms. The summed E-state index contributed by atoms with van der Waals surface area (Å²) in [5.74, 6) is 1.03. The van der Waals surface area contributed by atoms with E-state index >= 15 is 0 Å². The Balaban J connectivity index is 1.61. The van der Waals surface area contributed by atoms with E-state index < -0.39 is 0 Å². The van der Waals surface area contributed by atoms with Crippen LogP contribution in [0.1, 0.15) is 25.5 Å². The molecule has 0 saturated carbocycles. The number of halogens is 1. The Hall–Kier alpha value is -1.36. The summed E-state index contributed by atoms with van der Waals surface area (Å²) in [6, 6.07) is 7.52. The zero-order valence-electron chi connectivity index (χ0n) is 12.7. The molecular weight excluding hydrogens is 300 g/mol. The number of aliphatic hydroxyl groups is 1. The maximum absolute atomic E-state index is 9.65. The van der Waals surface area contributed by atoms with Crippen molar-refractivity contribution in [2.45, 2.75) is 32.4 Å². The molecule has 4 nitrogen and oxygen atoms in total. The molecule has 1 atom stereocenters. The summed E-state index contributed by atoms with van der Waals surface area (Å²) < 4.78 is 5.57. The van der Waals surface area contributed by atoms with Crippen LogP contribution < -0.4 is 0 Å². The van der Waals surface area contributed by atoms with Crippen LogP contribution in [-0.2, 0) is 6.54 Å². The molecule has 5 heteroatoms. The van der Waals surface area contributed by atoms with Crippen molar-refractivity contribution in [1.29, 1.82) is 0 Å². The molecule has 1 aliphatic rings. The van der Waals surface area contributed by atoms with Gasteiger partial charge in [-0.15, -0.1) is 0 Å². The van der Waals surface area contributed by atoms with Crippen molar-refractivity contribution in [3.63, 3.8) is 0 Å². The van der Waals surface area contributed by atoms with Crippen LogP contribution in [-0.4, -0.2) is 34.2 Å². The van der Waals surface area contributed by atoms with Crippen LogP contribution in [0.5, 0.6) is 0 Å². The molecule has 0 amide bonds. The van der Waals surface area contributed by atoms with E-state index in [1.165, 1.54) is 0 Å². The van der Waals surface area contributed by atoms with Crippen molar-refractivity contribution >= 4 is 11.6 Å². The minimum atomic E-state index is -0.205. The molecule has 1 aromatic carbocycles. The number of benzene rings is 1. The van der Waals surface area contributed by atoms with E-state index in [9.17, 15) is 5.11 Å². The first-order valence-electron chi connectivity index (χ1n) is 7.72. The van der Waals surface area contributed by atoms with Crippen molar-refractivity contribution < 1.29 is 9.52 Å². The van der Waals surface area contributed by atoms with Crippen molar-refractivity contribution in [2.24, 2.45) is 5.92 Å². The summed E-state index contributed by atoms with van der Waals surface area (Å²) in [5, 5.41) is 10.3. The molecule has 1 unspecified atom stereocenters. The summed E-state index contributed by atoms with van der Waals surface area (Å²) in [5.41, 5.74) is 1.83. The second-order valence-corrected chi connectivity index (χ2v) is 6.44. The first-order chi connectivity index (χ1) is 10.6. The number of oxazole rings is 1. The van der Waals surface area contributed by atoms with E-state index in [1.807, 2.05) is 31.2 Å². The lowest BCUT2D eigenvalue weighted by atomic mass is 9.92. The van der Waals surface area contributed by atoms with E-state index in [1.54, 1.807) is 6.26 Å². The molecule has 1 saturated heterocycles. The molecule has 3 rings (SSSR count). The largest absolute Gasteiger partial charge is 0.444 e. The average molecular weight is 321 g/mol. The number of nitrogens with zero attached hydrogens (tertiary/aromatic N) is 2. The lowest BCUT2D eigenvalue weighted by Gasteiger charge is -2.32. The molecule has 2 aromatic rings. The first-order valence-corrected chi connectivity index (χ1v) is 8.10. The van der Waals surface area contributed by atoms with Crippen molar-refractivity contribution in [3.05, 3.63) is 41.2 Å². The van der Waals surface area contributed by atoms with Gasteiger partial charge >= 0.3 is 0 Å². The number of piperidine rings is 1. The molecule has 22 heavy (non-hydrogen) atoms. The summed E-state index contributed by atoms with van der Waals surface area (Å²) in [6.07, 6.45) is 3.59. The fraction of sp³-hybridized carbons (Fsp3) is 0.471. The molecule has 118 valence electrons. The van der Waals surface area contributed by atoms with Crippen LogP contribution in [0.2, 0.25) is 5.02 Å².